The maximum absolute atomic E-state index is 8.89. The fourth-order valence-corrected chi connectivity index (χ4v) is 1.92. The van der Waals surface area contributed by atoms with Crippen molar-refractivity contribution in [1.82, 2.24) is 14.5 Å². The molecule has 0 atom stereocenters. The molecular weight excluding hydrogens is 178 g/mol. The highest BCUT2D eigenvalue weighted by Crippen LogP contribution is 2.17. The van der Waals surface area contributed by atoms with Crippen molar-refractivity contribution in [2.45, 2.75) is 20.0 Å². The van der Waals surface area contributed by atoms with Crippen LogP contribution in [0, 0.1) is 5.92 Å². The Morgan fingerprint density at radius 3 is 3.00 bits per heavy atom. The average molecular weight is 195 g/mol. The lowest BCUT2D eigenvalue weighted by atomic mass is 10.0. The minimum atomic E-state index is 0.323. The average Bonchev–Trinajstić information content (AvgIpc) is 2.57. The van der Waals surface area contributed by atoms with Gasteiger partial charge in [-0.15, -0.1) is 0 Å². The highest BCUT2D eigenvalue weighted by atomic mass is 16.3. The van der Waals surface area contributed by atoms with Gasteiger partial charge in [-0.3, -0.25) is 4.90 Å². The molecule has 1 aromatic rings. The summed E-state index contributed by atoms with van der Waals surface area (Å²) < 4.78 is 2.16. The van der Waals surface area contributed by atoms with Crippen LogP contribution in [0.15, 0.2) is 12.5 Å². The SMILES string of the molecule is CCn1cncc1CN1CC(CO)C1. The number of aliphatic hydroxyl groups excluding tert-OH is 1. The quantitative estimate of drug-likeness (QED) is 0.752. The zero-order valence-electron chi connectivity index (χ0n) is 8.56. The summed E-state index contributed by atoms with van der Waals surface area (Å²) in [7, 11) is 0. The summed E-state index contributed by atoms with van der Waals surface area (Å²) in [5.41, 5.74) is 1.27. The van der Waals surface area contributed by atoms with Gasteiger partial charge in [-0.25, -0.2) is 4.98 Å². The Labute approximate surface area is 84.2 Å². The molecule has 78 valence electrons. The summed E-state index contributed by atoms with van der Waals surface area (Å²) in [5.74, 6) is 0.494. The largest absolute Gasteiger partial charge is 0.396 e. The molecule has 1 aromatic heterocycles. The van der Waals surface area contributed by atoms with Crippen LogP contribution in [0.25, 0.3) is 0 Å². The number of aliphatic hydroxyl groups is 1. The first-order chi connectivity index (χ1) is 6.83. The molecule has 1 saturated heterocycles. The topological polar surface area (TPSA) is 41.3 Å². The molecule has 2 heterocycles. The van der Waals surface area contributed by atoms with Crippen molar-refractivity contribution < 1.29 is 5.11 Å². The molecule has 0 saturated carbocycles. The summed E-state index contributed by atoms with van der Waals surface area (Å²) in [5, 5.41) is 8.89. The standard InChI is InChI=1S/C10H17N3O/c1-2-13-8-11-3-10(13)6-12-4-9(5-12)7-14/h3,8-9,14H,2,4-7H2,1H3. The van der Waals surface area contributed by atoms with Crippen LogP contribution < -0.4 is 0 Å². The number of aryl methyl sites for hydroxylation is 1. The van der Waals surface area contributed by atoms with Crippen molar-refractivity contribution >= 4 is 0 Å². The minimum Gasteiger partial charge on any atom is -0.396 e. The van der Waals surface area contributed by atoms with Crippen LogP contribution in [0.5, 0.6) is 0 Å². The fourth-order valence-electron chi connectivity index (χ4n) is 1.92. The lowest BCUT2D eigenvalue weighted by Crippen LogP contribution is -2.47. The monoisotopic (exact) mass is 195 g/mol. The van der Waals surface area contributed by atoms with E-state index in [4.69, 9.17) is 5.11 Å². The Kier molecular flexibility index (Phi) is 2.84. The van der Waals surface area contributed by atoms with Crippen LogP contribution in [0.1, 0.15) is 12.6 Å². The van der Waals surface area contributed by atoms with Gasteiger partial charge in [0.25, 0.3) is 0 Å². The molecule has 1 aliphatic rings. The molecule has 0 spiro atoms. The molecule has 1 aliphatic heterocycles. The van der Waals surface area contributed by atoms with E-state index in [0.717, 1.165) is 26.2 Å². The van der Waals surface area contributed by atoms with Crippen LogP contribution >= 0.6 is 0 Å². The Balaban J connectivity index is 1.86. The van der Waals surface area contributed by atoms with E-state index in [1.54, 1.807) is 0 Å². The third kappa shape index (κ3) is 1.81. The molecular formula is C10H17N3O. The zero-order valence-corrected chi connectivity index (χ0v) is 8.56. The fraction of sp³-hybridized carbons (Fsp3) is 0.700. The van der Waals surface area contributed by atoms with E-state index in [2.05, 4.69) is 21.4 Å². The maximum atomic E-state index is 8.89. The predicted octanol–water partition coefficient (Wildman–Crippen LogP) is 0.327. The predicted molar refractivity (Wildman–Crippen MR) is 53.8 cm³/mol. The highest BCUT2D eigenvalue weighted by Gasteiger charge is 2.26. The summed E-state index contributed by atoms with van der Waals surface area (Å²) in [6.07, 6.45) is 3.80. The van der Waals surface area contributed by atoms with Gasteiger partial charge in [-0.2, -0.15) is 0 Å². The second kappa shape index (κ2) is 4.11. The van der Waals surface area contributed by atoms with Crippen molar-refractivity contribution in [3.63, 3.8) is 0 Å². The molecule has 0 amide bonds. The summed E-state index contributed by atoms with van der Waals surface area (Å²) in [6.45, 7) is 6.43. The van der Waals surface area contributed by atoms with Gasteiger partial charge in [0, 0.05) is 44.9 Å². The molecule has 0 unspecified atom stereocenters. The first kappa shape index (κ1) is 9.68. The Hall–Kier alpha value is -0.870. The first-order valence-corrected chi connectivity index (χ1v) is 5.15. The zero-order chi connectivity index (χ0) is 9.97. The summed E-state index contributed by atoms with van der Waals surface area (Å²) >= 11 is 0. The highest BCUT2D eigenvalue weighted by molar-refractivity contribution is 4.99. The van der Waals surface area contributed by atoms with E-state index in [1.807, 2.05) is 12.5 Å². The van der Waals surface area contributed by atoms with E-state index in [1.165, 1.54) is 5.69 Å². The molecule has 1 fully saturated rings. The Morgan fingerprint density at radius 1 is 1.57 bits per heavy atom. The second-order valence-corrected chi connectivity index (χ2v) is 3.91. The van der Waals surface area contributed by atoms with Crippen molar-refractivity contribution in [2.75, 3.05) is 19.7 Å². The van der Waals surface area contributed by atoms with Crippen LogP contribution in [0.3, 0.4) is 0 Å². The number of aromatic nitrogens is 2. The molecule has 1 N–H and O–H groups in total. The Morgan fingerprint density at radius 2 is 2.36 bits per heavy atom. The van der Waals surface area contributed by atoms with Crippen molar-refractivity contribution in [3.05, 3.63) is 18.2 Å². The summed E-state index contributed by atoms with van der Waals surface area (Å²) in [4.78, 5) is 6.47. The molecule has 0 aromatic carbocycles. The second-order valence-electron chi connectivity index (χ2n) is 3.91. The molecule has 4 heteroatoms. The number of nitrogens with zero attached hydrogens (tertiary/aromatic N) is 3. The van der Waals surface area contributed by atoms with Gasteiger partial charge in [-0.05, 0) is 6.92 Å². The van der Waals surface area contributed by atoms with Gasteiger partial charge in [-0.1, -0.05) is 0 Å². The van der Waals surface area contributed by atoms with E-state index >= 15 is 0 Å². The van der Waals surface area contributed by atoms with Gasteiger partial charge in [0.15, 0.2) is 0 Å². The molecule has 2 rings (SSSR count). The van der Waals surface area contributed by atoms with Crippen LogP contribution in [-0.4, -0.2) is 39.3 Å². The minimum absolute atomic E-state index is 0.323. The number of hydrogen-bond acceptors (Lipinski definition) is 3. The van der Waals surface area contributed by atoms with Gasteiger partial charge in [0.2, 0.25) is 0 Å². The van der Waals surface area contributed by atoms with Crippen LogP contribution in [0.2, 0.25) is 0 Å². The van der Waals surface area contributed by atoms with Crippen molar-refractivity contribution in [2.24, 2.45) is 5.92 Å². The lowest BCUT2D eigenvalue weighted by Gasteiger charge is -2.38. The molecule has 14 heavy (non-hydrogen) atoms. The summed E-state index contributed by atoms with van der Waals surface area (Å²) in [6, 6.07) is 0. The number of likely N-dealkylation sites (tertiary alicyclic amines) is 1. The third-order valence-corrected chi connectivity index (χ3v) is 2.82. The number of rotatable bonds is 4. The van der Waals surface area contributed by atoms with Gasteiger partial charge >= 0.3 is 0 Å². The van der Waals surface area contributed by atoms with E-state index in [9.17, 15) is 0 Å². The van der Waals surface area contributed by atoms with E-state index in [-0.39, 0.29) is 0 Å². The molecule has 0 bridgehead atoms. The molecule has 0 radical (unpaired) electrons. The van der Waals surface area contributed by atoms with Crippen LogP contribution in [0.4, 0.5) is 0 Å². The van der Waals surface area contributed by atoms with E-state index in [0.29, 0.717) is 12.5 Å². The lowest BCUT2D eigenvalue weighted by molar-refractivity contribution is 0.0462. The van der Waals surface area contributed by atoms with Gasteiger partial charge < -0.3 is 9.67 Å². The Bertz CT molecular complexity index is 291. The van der Waals surface area contributed by atoms with Gasteiger partial charge in [0.1, 0.15) is 0 Å². The number of hydrogen-bond donors (Lipinski definition) is 1. The number of imidazole rings is 1. The van der Waals surface area contributed by atoms with Crippen molar-refractivity contribution in [3.8, 4) is 0 Å². The smallest absolute Gasteiger partial charge is 0.0948 e. The first-order valence-electron chi connectivity index (χ1n) is 5.15. The molecule has 0 aliphatic carbocycles. The normalized spacial score (nSPS) is 18.4. The molecule has 4 nitrogen and oxygen atoms in total. The third-order valence-electron chi connectivity index (χ3n) is 2.82. The van der Waals surface area contributed by atoms with E-state index < -0.39 is 0 Å². The van der Waals surface area contributed by atoms with Crippen molar-refractivity contribution in [1.29, 1.82) is 0 Å². The van der Waals surface area contributed by atoms with Gasteiger partial charge in [0.05, 0.1) is 12.0 Å². The maximum Gasteiger partial charge on any atom is 0.0948 e. The van der Waals surface area contributed by atoms with Crippen LogP contribution in [-0.2, 0) is 13.1 Å².